The first-order chi connectivity index (χ1) is 8.46. The molecule has 0 atom stereocenters. The second-order valence-corrected chi connectivity index (χ2v) is 5.52. The summed E-state index contributed by atoms with van der Waals surface area (Å²) in [6.07, 6.45) is 0. The molecule has 0 spiro atoms. The predicted octanol–water partition coefficient (Wildman–Crippen LogP) is 1.57. The molecular formula is C14H20N2O2. The number of nitrogens with one attached hydrogen (secondary N) is 1. The maximum absolute atomic E-state index is 10.8. The Labute approximate surface area is 108 Å². The van der Waals surface area contributed by atoms with Crippen LogP contribution in [-0.4, -0.2) is 41.1 Å². The van der Waals surface area contributed by atoms with Gasteiger partial charge in [0.25, 0.3) is 0 Å². The lowest BCUT2D eigenvalue weighted by Gasteiger charge is -2.39. The van der Waals surface area contributed by atoms with Crippen LogP contribution >= 0.6 is 0 Å². The highest BCUT2D eigenvalue weighted by Crippen LogP contribution is 2.14. The van der Waals surface area contributed by atoms with Crippen LogP contribution in [0.4, 0.5) is 0 Å². The number of piperazine rings is 1. The first-order valence-electron chi connectivity index (χ1n) is 6.26. The van der Waals surface area contributed by atoms with Gasteiger partial charge in [-0.1, -0.05) is 12.1 Å². The summed E-state index contributed by atoms with van der Waals surface area (Å²) in [6.45, 7) is 8.32. The molecule has 2 N–H and O–H groups in total. The Kier molecular flexibility index (Phi) is 3.68. The molecule has 0 radical (unpaired) electrons. The van der Waals surface area contributed by atoms with Crippen molar-refractivity contribution in [3.05, 3.63) is 35.4 Å². The number of benzene rings is 1. The maximum atomic E-state index is 10.8. The lowest BCUT2D eigenvalue weighted by atomic mass is 10.0. The molecule has 18 heavy (non-hydrogen) atoms. The maximum Gasteiger partial charge on any atom is 0.335 e. The number of rotatable bonds is 3. The number of nitrogens with zero attached hydrogens (tertiary/aromatic N) is 1. The molecule has 1 aromatic carbocycles. The van der Waals surface area contributed by atoms with Crippen LogP contribution in [-0.2, 0) is 6.54 Å². The van der Waals surface area contributed by atoms with Crippen molar-refractivity contribution in [3.63, 3.8) is 0 Å². The van der Waals surface area contributed by atoms with Crippen molar-refractivity contribution in [2.45, 2.75) is 25.9 Å². The summed E-state index contributed by atoms with van der Waals surface area (Å²) in [5, 5.41) is 12.3. The van der Waals surface area contributed by atoms with Gasteiger partial charge in [0.15, 0.2) is 0 Å². The molecule has 1 heterocycles. The van der Waals surface area contributed by atoms with Crippen LogP contribution in [0.25, 0.3) is 0 Å². The summed E-state index contributed by atoms with van der Waals surface area (Å²) in [5.74, 6) is -0.871. The number of hydrogen-bond acceptors (Lipinski definition) is 3. The smallest absolute Gasteiger partial charge is 0.335 e. The van der Waals surface area contributed by atoms with Crippen LogP contribution < -0.4 is 5.32 Å². The zero-order valence-electron chi connectivity index (χ0n) is 10.9. The van der Waals surface area contributed by atoms with Crippen molar-refractivity contribution in [2.24, 2.45) is 0 Å². The van der Waals surface area contributed by atoms with Crippen LogP contribution in [0.5, 0.6) is 0 Å². The van der Waals surface area contributed by atoms with Crippen molar-refractivity contribution < 1.29 is 9.90 Å². The number of hydrogen-bond donors (Lipinski definition) is 2. The van der Waals surface area contributed by atoms with Gasteiger partial charge in [-0.05, 0) is 31.5 Å². The van der Waals surface area contributed by atoms with E-state index < -0.39 is 5.97 Å². The van der Waals surface area contributed by atoms with Gasteiger partial charge in [0, 0.05) is 31.7 Å². The van der Waals surface area contributed by atoms with Crippen LogP contribution in [0.15, 0.2) is 24.3 Å². The molecule has 1 aliphatic rings. The van der Waals surface area contributed by atoms with Gasteiger partial charge in [-0.3, -0.25) is 4.90 Å². The number of carbonyl (C=O) groups is 1. The largest absolute Gasteiger partial charge is 0.478 e. The van der Waals surface area contributed by atoms with E-state index in [0.717, 1.165) is 31.7 Å². The van der Waals surface area contributed by atoms with Gasteiger partial charge < -0.3 is 10.4 Å². The number of aromatic carboxylic acids is 1. The van der Waals surface area contributed by atoms with E-state index in [2.05, 4.69) is 24.1 Å². The third kappa shape index (κ3) is 3.31. The third-order valence-corrected chi connectivity index (χ3v) is 3.26. The average molecular weight is 248 g/mol. The lowest BCUT2D eigenvalue weighted by molar-refractivity contribution is 0.0697. The first-order valence-corrected chi connectivity index (χ1v) is 6.26. The zero-order valence-corrected chi connectivity index (χ0v) is 10.9. The Balaban J connectivity index is 1.99. The van der Waals surface area contributed by atoms with Gasteiger partial charge in [0.2, 0.25) is 0 Å². The highest BCUT2D eigenvalue weighted by molar-refractivity contribution is 5.87. The Morgan fingerprint density at radius 3 is 2.61 bits per heavy atom. The molecule has 1 aromatic rings. The predicted molar refractivity (Wildman–Crippen MR) is 70.8 cm³/mol. The highest BCUT2D eigenvalue weighted by atomic mass is 16.4. The SMILES string of the molecule is CC1(C)CN(Cc2ccc(C(=O)O)cc2)CCN1. The van der Waals surface area contributed by atoms with E-state index in [0.29, 0.717) is 5.56 Å². The Bertz CT molecular complexity index is 426. The van der Waals surface area contributed by atoms with Crippen molar-refractivity contribution in [1.82, 2.24) is 10.2 Å². The fourth-order valence-corrected chi connectivity index (χ4v) is 2.39. The minimum Gasteiger partial charge on any atom is -0.478 e. The molecule has 0 amide bonds. The molecule has 4 heteroatoms. The summed E-state index contributed by atoms with van der Waals surface area (Å²) in [6, 6.07) is 7.15. The third-order valence-electron chi connectivity index (χ3n) is 3.26. The van der Waals surface area contributed by atoms with Crippen molar-refractivity contribution in [1.29, 1.82) is 0 Å². The Morgan fingerprint density at radius 2 is 2.06 bits per heavy atom. The van der Waals surface area contributed by atoms with E-state index in [1.807, 2.05) is 12.1 Å². The highest BCUT2D eigenvalue weighted by Gasteiger charge is 2.25. The van der Waals surface area contributed by atoms with E-state index in [1.165, 1.54) is 0 Å². The van der Waals surface area contributed by atoms with Gasteiger partial charge in [0.1, 0.15) is 0 Å². The lowest BCUT2D eigenvalue weighted by Crippen LogP contribution is -2.56. The molecule has 0 bridgehead atoms. The van der Waals surface area contributed by atoms with Crippen molar-refractivity contribution in [2.75, 3.05) is 19.6 Å². The average Bonchev–Trinajstić information content (AvgIpc) is 2.28. The Hall–Kier alpha value is -1.39. The second kappa shape index (κ2) is 5.08. The molecule has 0 aliphatic carbocycles. The number of carboxylic acid groups (broad SMARTS) is 1. The molecule has 1 aliphatic heterocycles. The molecule has 4 nitrogen and oxygen atoms in total. The minimum atomic E-state index is -0.871. The quantitative estimate of drug-likeness (QED) is 0.852. The van der Waals surface area contributed by atoms with Gasteiger partial charge in [-0.2, -0.15) is 0 Å². The van der Waals surface area contributed by atoms with E-state index in [1.54, 1.807) is 12.1 Å². The van der Waals surface area contributed by atoms with Gasteiger partial charge in [-0.15, -0.1) is 0 Å². The van der Waals surface area contributed by atoms with Crippen LogP contribution in [0.3, 0.4) is 0 Å². The zero-order chi connectivity index (χ0) is 13.2. The van der Waals surface area contributed by atoms with Gasteiger partial charge in [-0.25, -0.2) is 4.79 Å². The first kappa shape index (κ1) is 13.1. The molecule has 0 saturated carbocycles. The summed E-state index contributed by atoms with van der Waals surface area (Å²) in [5.41, 5.74) is 1.66. The van der Waals surface area contributed by atoms with E-state index in [9.17, 15) is 4.79 Å². The van der Waals surface area contributed by atoms with Crippen LogP contribution in [0.2, 0.25) is 0 Å². The molecular weight excluding hydrogens is 228 g/mol. The molecule has 1 saturated heterocycles. The summed E-state index contributed by atoms with van der Waals surface area (Å²) in [7, 11) is 0. The summed E-state index contributed by atoms with van der Waals surface area (Å²) < 4.78 is 0. The monoisotopic (exact) mass is 248 g/mol. The van der Waals surface area contributed by atoms with Gasteiger partial charge in [0.05, 0.1) is 5.56 Å². The summed E-state index contributed by atoms with van der Waals surface area (Å²) in [4.78, 5) is 13.2. The molecule has 0 unspecified atom stereocenters. The van der Waals surface area contributed by atoms with E-state index >= 15 is 0 Å². The van der Waals surface area contributed by atoms with Gasteiger partial charge >= 0.3 is 5.97 Å². The van der Waals surface area contributed by atoms with Crippen LogP contribution in [0, 0.1) is 0 Å². The van der Waals surface area contributed by atoms with Crippen molar-refractivity contribution >= 4 is 5.97 Å². The summed E-state index contributed by atoms with van der Waals surface area (Å²) >= 11 is 0. The fourth-order valence-electron chi connectivity index (χ4n) is 2.39. The molecule has 98 valence electrons. The second-order valence-electron chi connectivity index (χ2n) is 5.52. The van der Waals surface area contributed by atoms with Crippen molar-refractivity contribution in [3.8, 4) is 0 Å². The van der Waals surface area contributed by atoms with E-state index in [-0.39, 0.29) is 5.54 Å². The molecule has 1 fully saturated rings. The number of carboxylic acids is 1. The molecule has 2 rings (SSSR count). The molecule has 0 aromatic heterocycles. The standard InChI is InChI=1S/C14H20N2O2/c1-14(2)10-16(8-7-15-14)9-11-3-5-12(6-4-11)13(17)18/h3-6,15H,7-10H2,1-2H3,(H,17,18). The normalized spacial score (nSPS) is 19.7. The Morgan fingerprint density at radius 1 is 1.39 bits per heavy atom. The van der Waals surface area contributed by atoms with E-state index in [4.69, 9.17) is 5.11 Å². The fraction of sp³-hybridized carbons (Fsp3) is 0.500. The van der Waals surface area contributed by atoms with Crippen LogP contribution in [0.1, 0.15) is 29.8 Å². The topological polar surface area (TPSA) is 52.6 Å². The minimum absolute atomic E-state index is 0.152.